The first-order valence-corrected chi connectivity index (χ1v) is 12.4. The van der Waals surface area contributed by atoms with Gasteiger partial charge in [-0.2, -0.15) is 0 Å². The third-order valence-corrected chi connectivity index (χ3v) is 8.39. The minimum atomic E-state index is 0.185. The molecule has 2 aromatic heterocycles. The first-order valence-electron chi connectivity index (χ1n) is 12.4. The van der Waals surface area contributed by atoms with Crippen molar-refractivity contribution in [2.45, 2.75) is 51.4 Å². The van der Waals surface area contributed by atoms with Crippen LogP contribution in [0, 0.1) is 0 Å². The summed E-state index contributed by atoms with van der Waals surface area (Å²) in [5.41, 5.74) is 9.58. The van der Waals surface area contributed by atoms with E-state index in [1.54, 1.807) is 0 Å². The molecule has 7 rings (SSSR count). The van der Waals surface area contributed by atoms with Crippen LogP contribution in [0.1, 0.15) is 51.7 Å². The van der Waals surface area contributed by atoms with Gasteiger partial charge >= 0.3 is 0 Å². The Morgan fingerprint density at radius 2 is 1.29 bits per heavy atom. The van der Waals surface area contributed by atoms with E-state index < -0.39 is 0 Å². The van der Waals surface area contributed by atoms with Crippen LogP contribution >= 0.6 is 0 Å². The van der Waals surface area contributed by atoms with Crippen molar-refractivity contribution in [2.75, 3.05) is 0 Å². The van der Waals surface area contributed by atoms with E-state index in [2.05, 4.69) is 116 Å². The fourth-order valence-corrected chi connectivity index (χ4v) is 6.31. The lowest BCUT2D eigenvalue weighted by Gasteiger charge is -2.42. The van der Waals surface area contributed by atoms with Crippen LogP contribution in [0.4, 0.5) is 0 Å². The van der Waals surface area contributed by atoms with Crippen LogP contribution in [0.5, 0.6) is 0 Å². The van der Waals surface area contributed by atoms with Gasteiger partial charge in [-0.3, -0.25) is 0 Å². The van der Waals surface area contributed by atoms with Gasteiger partial charge in [0.2, 0.25) is 0 Å². The minimum absolute atomic E-state index is 0.185. The van der Waals surface area contributed by atoms with E-state index in [0.29, 0.717) is 0 Å². The molecule has 0 saturated carbocycles. The van der Waals surface area contributed by atoms with Crippen molar-refractivity contribution in [2.24, 2.45) is 0 Å². The maximum absolute atomic E-state index is 3.65. The highest BCUT2D eigenvalue weighted by Gasteiger charge is 2.37. The summed E-state index contributed by atoms with van der Waals surface area (Å²) >= 11 is 0. The highest BCUT2D eigenvalue weighted by molar-refractivity contribution is 6.18. The second-order valence-corrected chi connectivity index (χ2v) is 11.4. The van der Waals surface area contributed by atoms with Gasteiger partial charge in [0.05, 0.1) is 11.0 Å². The number of benzene rings is 4. The molecule has 0 radical (unpaired) electrons. The van der Waals surface area contributed by atoms with Gasteiger partial charge in [0.25, 0.3) is 0 Å². The van der Waals surface area contributed by atoms with Crippen LogP contribution in [-0.2, 0) is 10.8 Å². The van der Waals surface area contributed by atoms with Crippen LogP contribution in [0.15, 0.2) is 78.9 Å². The highest BCUT2D eigenvalue weighted by atomic mass is 15.0. The van der Waals surface area contributed by atoms with Crippen molar-refractivity contribution in [3.05, 3.63) is 90.0 Å². The third kappa shape index (κ3) is 2.63. The molecule has 1 aliphatic carbocycles. The van der Waals surface area contributed by atoms with Crippen molar-refractivity contribution in [3.63, 3.8) is 0 Å². The molecule has 0 saturated heterocycles. The Morgan fingerprint density at radius 3 is 2.12 bits per heavy atom. The molecule has 2 nitrogen and oxygen atoms in total. The lowest BCUT2D eigenvalue weighted by molar-refractivity contribution is 0.332. The lowest BCUT2D eigenvalue weighted by atomic mass is 9.63. The number of nitrogens with one attached hydrogen (secondary N) is 1. The predicted octanol–water partition coefficient (Wildman–Crippen LogP) is 8.77. The fraction of sp³-hybridized carbons (Fsp3) is 0.250. The molecule has 2 heteroatoms. The molecule has 1 aliphatic rings. The molecular weight excluding hydrogens is 412 g/mol. The molecule has 2 heterocycles. The second kappa shape index (κ2) is 6.54. The summed E-state index contributed by atoms with van der Waals surface area (Å²) < 4.78 is 2.47. The van der Waals surface area contributed by atoms with Crippen molar-refractivity contribution in [1.82, 2.24) is 9.55 Å². The van der Waals surface area contributed by atoms with E-state index in [9.17, 15) is 0 Å². The van der Waals surface area contributed by atoms with Gasteiger partial charge in [-0.25, -0.2) is 0 Å². The van der Waals surface area contributed by atoms with Gasteiger partial charge in [-0.05, 0) is 71.2 Å². The number of rotatable bonds is 1. The summed E-state index contributed by atoms with van der Waals surface area (Å²) in [5.74, 6) is 0. The minimum Gasteiger partial charge on any atom is -0.354 e. The molecule has 4 aromatic carbocycles. The molecule has 1 N–H and O–H groups in total. The van der Waals surface area contributed by atoms with Gasteiger partial charge in [-0.15, -0.1) is 0 Å². The molecular formula is C32H30N2. The first-order chi connectivity index (χ1) is 16.3. The average molecular weight is 443 g/mol. The molecule has 6 aromatic rings. The van der Waals surface area contributed by atoms with Crippen molar-refractivity contribution in [1.29, 1.82) is 0 Å². The number of aromatic nitrogens is 2. The predicted molar refractivity (Wildman–Crippen MR) is 145 cm³/mol. The lowest BCUT2D eigenvalue weighted by Crippen LogP contribution is -2.33. The van der Waals surface area contributed by atoms with Gasteiger partial charge in [0.1, 0.15) is 0 Å². The van der Waals surface area contributed by atoms with E-state index in [0.717, 1.165) is 0 Å². The number of H-pyrrole nitrogens is 1. The maximum Gasteiger partial charge on any atom is 0.0562 e. The standard InChI is InChI=1S/C32H30N2/c1-31(2)15-16-32(3,4)26-17-20(13-14-25(26)31)34-29-12-8-6-10-22(29)24-18-23-21-9-5-7-11-27(21)33-28(23)19-30(24)34/h5-14,17-19,33H,15-16H2,1-4H3. The van der Waals surface area contributed by atoms with Gasteiger partial charge in [0, 0.05) is 38.3 Å². The monoisotopic (exact) mass is 442 g/mol. The van der Waals surface area contributed by atoms with Crippen LogP contribution < -0.4 is 0 Å². The number of aromatic amines is 1. The first kappa shape index (κ1) is 19.9. The van der Waals surface area contributed by atoms with Crippen molar-refractivity contribution >= 4 is 43.6 Å². The SMILES string of the molecule is CC1(C)CCC(C)(C)c2cc(-n3c4ccccc4c4cc5c(cc43)[nH]c3ccccc35)ccc21. The smallest absolute Gasteiger partial charge is 0.0562 e. The van der Waals surface area contributed by atoms with E-state index in [4.69, 9.17) is 0 Å². The number of hydrogen-bond donors (Lipinski definition) is 1. The normalized spacial score (nSPS) is 17.1. The maximum atomic E-state index is 3.65. The van der Waals surface area contributed by atoms with Crippen LogP contribution in [-0.4, -0.2) is 9.55 Å². The van der Waals surface area contributed by atoms with E-state index in [1.165, 1.54) is 73.3 Å². The quantitative estimate of drug-likeness (QED) is 0.263. The van der Waals surface area contributed by atoms with Crippen molar-refractivity contribution in [3.8, 4) is 5.69 Å². The summed E-state index contributed by atoms with van der Waals surface area (Å²) in [4.78, 5) is 3.65. The zero-order chi connectivity index (χ0) is 23.2. The summed E-state index contributed by atoms with van der Waals surface area (Å²) in [5, 5.41) is 5.19. The Hall–Kier alpha value is -3.52. The topological polar surface area (TPSA) is 20.7 Å². The summed E-state index contributed by atoms with van der Waals surface area (Å²) in [6.45, 7) is 9.61. The van der Waals surface area contributed by atoms with Gasteiger partial charge in [0.15, 0.2) is 0 Å². The Bertz CT molecular complexity index is 1760. The van der Waals surface area contributed by atoms with Crippen LogP contribution in [0.3, 0.4) is 0 Å². The van der Waals surface area contributed by atoms with Crippen molar-refractivity contribution < 1.29 is 0 Å². The Balaban J connectivity index is 1.58. The molecule has 0 aliphatic heterocycles. The number of hydrogen-bond acceptors (Lipinski definition) is 0. The van der Waals surface area contributed by atoms with Gasteiger partial charge in [-0.1, -0.05) is 70.2 Å². The summed E-state index contributed by atoms with van der Waals surface area (Å²) in [6, 6.07) is 29.4. The molecule has 0 amide bonds. The van der Waals surface area contributed by atoms with Crippen LogP contribution in [0.2, 0.25) is 0 Å². The highest BCUT2D eigenvalue weighted by Crippen LogP contribution is 2.47. The Labute approximate surface area is 200 Å². The van der Waals surface area contributed by atoms with E-state index in [-0.39, 0.29) is 10.8 Å². The van der Waals surface area contributed by atoms with Crippen LogP contribution in [0.25, 0.3) is 49.3 Å². The van der Waals surface area contributed by atoms with E-state index in [1.807, 2.05) is 0 Å². The van der Waals surface area contributed by atoms with E-state index >= 15 is 0 Å². The Kier molecular flexibility index (Phi) is 3.83. The average Bonchev–Trinajstić information content (AvgIpc) is 3.35. The molecule has 0 fully saturated rings. The number of nitrogens with zero attached hydrogens (tertiary/aromatic N) is 1. The third-order valence-electron chi connectivity index (χ3n) is 8.39. The summed E-state index contributed by atoms with van der Waals surface area (Å²) in [7, 11) is 0. The second-order valence-electron chi connectivity index (χ2n) is 11.4. The molecule has 168 valence electrons. The zero-order valence-electron chi connectivity index (χ0n) is 20.4. The zero-order valence-corrected chi connectivity index (χ0v) is 20.4. The van der Waals surface area contributed by atoms with Gasteiger partial charge < -0.3 is 9.55 Å². The molecule has 0 unspecified atom stereocenters. The number of para-hydroxylation sites is 2. The Morgan fingerprint density at radius 1 is 0.588 bits per heavy atom. The fourth-order valence-electron chi connectivity index (χ4n) is 6.31. The largest absolute Gasteiger partial charge is 0.354 e. The molecule has 34 heavy (non-hydrogen) atoms. The summed E-state index contributed by atoms with van der Waals surface area (Å²) in [6.07, 6.45) is 2.46. The molecule has 0 spiro atoms. The molecule has 0 atom stereocenters. The molecule has 0 bridgehead atoms. The number of fused-ring (bicyclic) bond motifs is 7.